The van der Waals surface area contributed by atoms with E-state index in [4.69, 9.17) is 23.2 Å². The zero-order valence-corrected chi connectivity index (χ0v) is 19.1. The third kappa shape index (κ3) is 6.18. The zero-order chi connectivity index (χ0) is 21.7. The van der Waals surface area contributed by atoms with Crippen LogP contribution in [0.1, 0.15) is 18.4 Å². The Labute approximate surface area is 187 Å². The fourth-order valence-electron chi connectivity index (χ4n) is 3.41. The maximum atomic E-state index is 13.3. The summed E-state index contributed by atoms with van der Waals surface area (Å²) in [6, 6.07) is 12.9. The van der Waals surface area contributed by atoms with Crippen molar-refractivity contribution in [3.8, 4) is 0 Å². The van der Waals surface area contributed by atoms with Crippen molar-refractivity contribution in [2.45, 2.75) is 30.3 Å². The maximum Gasteiger partial charge on any atom is 0.243 e. The lowest BCUT2D eigenvalue weighted by Gasteiger charge is -2.30. The number of benzene rings is 2. The van der Waals surface area contributed by atoms with Crippen LogP contribution in [0.4, 0.5) is 0 Å². The predicted octanol–water partition coefficient (Wildman–Crippen LogP) is 3.39. The molecule has 0 unspecified atom stereocenters. The van der Waals surface area contributed by atoms with Gasteiger partial charge in [-0.15, -0.1) is 0 Å². The first kappa shape index (κ1) is 23.0. The largest absolute Gasteiger partial charge is 0.352 e. The van der Waals surface area contributed by atoms with Gasteiger partial charge in [-0.25, -0.2) is 8.42 Å². The molecular weight excluding hydrogens is 445 g/mol. The van der Waals surface area contributed by atoms with Crippen molar-refractivity contribution in [3.63, 3.8) is 0 Å². The molecule has 1 heterocycles. The van der Waals surface area contributed by atoms with Crippen molar-refractivity contribution < 1.29 is 13.2 Å². The highest BCUT2D eigenvalue weighted by Crippen LogP contribution is 2.22. The fourth-order valence-corrected chi connectivity index (χ4v) is 5.13. The van der Waals surface area contributed by atoms with Gasteiger partial charge in [0.05, 0.1) is 11.4 Å². The summed E-state index contributed by atoms with van der Waals surface area (Å²) in [4.78, 5) is 15.0. The Morgan fingerprint density at radius 1 is 1.10 bits per heavy atom. The molecule has 0 aliphatic carbocycles. The number of piperidine rings is 1. The average Bonchev–Trinajstić information content (AvgIpc) is 2.69. The van der Waals surface area contributed by atoms with Gasteiger partial charge in [-0.3, -0.25) is 4.79 Å². The van der Waals surface area contributed by atoms with E-state index in [9.17, 15) is 13.2 Å². The molecule has 1 fully saturated rings. The summed E-state index contributed by atoms with van der Waals surface area (Å²) in [5.41, 5.74) is 0.701. The fraction of sp³-hybridized carbons (Fsp3) is 0.381. The second kappa shape index (κ2) is 10.1. The molecule has 30 heavy (non-hydrogen) atoms. The summed E-state index contributed by atoms with van der Waals surface area (Å²) in [7, 11) is -1.87. The first-order valence-corrected chi connectivity index (χ1v) is 11.9. The van der Waals surface area contributed by atoms with Crippen LogP contribution in [0.5, 0.6) is 0 Å². The van der Waals surface area contributed by atoms with Crippen LogP contribution in [0.25, 0.3) is 0 Å². The van der Waals surface area contributed by atoms with Crippen LogP contribution in [0, 0.1) is 0 Å². The molecule has 0 radical (unpaired) electrons. The Morgan fingerprint density at radius 2 is 1.77 bits per heavy atom. The number of nitrogens with zero attached hydrogens (tertiary/aromatic N) is 2. The van der Waals surface area contributed by atoms with Crippen molar-refractivity contribution in [2.24, 2.45) is 0 Å². The van der Waals surface area contributed by atoms with Gasteiger partial charge in [-0.05, 0) is 74.9 Å². The third-order valence-corrected chi connectivity index (χ3v) is 7.40. The summed E-state index contributed by atoms with van der Waals surface area (Å²) in [5.74, 6) is -0.316. The maximum absolute atomic E-state index is 13.3. The number of nitrogens with one attached hydrogen (secondary N) is 1. The second-order valence-electron chi connectivity index (χ2n) is 7.50. The minimum absolute atomic E-state index is 0.0341. The summed E-state index contributed by atoms with van der Waals surface area (Å²) in [6.07, 6.45) is 1.70. The topological polar surface area (TPSA) is 69.7 Å². The van der Waals surface area contributed by atoms with Crippen molar-refractivity contribution in [1.29, 1.82) is 0 Å². The van der Waals surface area contributed by atoms with E-state index in [2.05, 4.69) is 10.2 Å². The number of sulfonamides is 1. The van der Waals surface area contributed by atoms with E-state index < -0.39 is 10.0 Å². The monoisotopic (exact) mass is 469 g/mol. The lowest BCUT2D eigenvalue weighted by atomic mass is 10.1. The Bertz CT molecular complexity index is 975. The number of halogens is 2. The van der Waals surface area contributed by atoms with Crippen molar-refractivity contribution in [3.05, 3.63) is 64.1 Å². The zero-order valence-electron chi connectivity index (χ0n) is 16.7. The number of likely N-dealkylation sites (tertiary alicyclic amines) is 1. The highest BCUT2D eigenvalue weighted by atomic mass is 35.5. The van der Waals surface area contributed by atoms with Crippen LogP contribution in [-0.4, -0.2) is 56.3 Å². The van der Waals surface area contributed by atoms with Gasteiger partial charge in [0, 0.05) is 22.6 Å². The highest BCUT2D eigenvalue weighted by Gasteiger charge is 2.28. The smallest absolute Gasteiger partial charge is 0.243 e. The van der Waals surface area contributed by atoms with Gasteiger partial charge in [-0.1, -0.05) is 35.3 Å². The summed E-state index contributed by atoms with van der Waals surface area (Å²) < 4.78 is 27.7. The molecule has 1 N–H and O–H groups in total. The van der Waals surface area contributed by atoms with Crippen LogP contribution < -0.4 is 5.32 Å². The molecule has 0 aromatic heterocycles. The number of hydrogen-bond acceptors (Lipinski definition) is 4. The van der Waals surface area contributed by atoms with Crippen molar-refractivity contribution >= 4 is 39.1 Å². The third-order valence-electron chi connectivity index (χ3n) is 5.10. The highest BCUT2D eigenvalue weighted by molar-refractivity contribution is 7.89. The minimum Gasteiger partial charge on any atom is -0.352 e. The van der Waals surface area contributed by atoms with E-state index in [-0.39, 0.29) is 29.9 Å². The lowest BCUT2D eigenvalue weighted by Crippen LogP contribution is -2.47. The van der Waals surface area contributed by atoms with E-state index in [1.807, 2.05) is 7.05 Å². The SMILES string of the molecule is CN1CCC(NC(=O)CN(Cc2cccc(Cl)c2)S(=O)(=O)c2ccc(Cl)cc2)CC1. The van der Waals surface area contributed by atoms with Crippen LogP contribution >= 0.6 is 23.2 Å². The molecule has 2 aromatic carbocycles. The molecule has 162 valence electrons. The molecule has 0 saturated carbocycles. The van der Waals surface area contributed by atoms with Gasteiger partial charge in [-0.2, -0.15) is 4.31 Å². The number of hydrogen-bond donors (Lipinski definition) is 1. The molecule has 0 bridgehead atoms. The molecule has 3 rings (SSSR count). The molecule has 1 aliphatic heterocycles. The number of carbonyl (C=O) groups excluding carboxylic acids is 1. The number of carbonyl (C=O) groups is 1. The summed E-state index contributed by atoms with van der Waals surface area (Å²) in [6.45, 7) is 1.57. The normalized spacial score (nSPS) is 16.0. The van der Waals surface area contributed by atoms with Gasteiger partial charge in [0.25, 0.3) is 0 Å². The molecule has 2 aromatic rings. The molecule has 0 atom stereocenters. The van der Waals surface area contributed by atoms with Gasteiger partial charge in [0.15, 0.2) is 0 Å². The number of rotatable bonds is 7. The molecule has 6 nitrogen and oxygen atoms in total. The van der Waals surface area contributed by atoms with Crippen molar-refractivity contribution in [1.82, 2.24) is 14.5 Å². The average molecular weight is 470 g/mol. The Morgan fingerprint density at radius 3 is 2.40 bits per heavy atom. The molecule has 0 spiro atoms. The predicted molar refractivity (Wildman–Crippen MR) is 119 cm³/mol. The molecule has 9 heteroatoms. The standard InChI is InChI=1S/C21H25Cl2N3O3S/c1-25-11-9-19(10-12-25)24-21(27)15-26(14-16-3-2-4-18(23)13-16)30(28,29)20-7-5-17(22)6-8-20/h2-8,13,19H,9-12,14-15H2,1H3,(H,24,27). The summed E-state index contributed by atoms with van der Waals surface area (Å²) >= 11 is 12.0. The molecule has 1 saturated heterocycles. The van der Waals surface area contributed by atoms with Gasteiger partial charge < -0.3 is 10.2 Å². The Hall–Kier alpha value is -1.64. The second-order valence-corrected chi connectivity index (χ2v) is 10.3. The quantitative estimate of drug-likeness (QED) is 0.674. The summed E-state index contributed by atoms with van der Waals surface area (Å²) in [5, 5.41) is 3.93. The Kier molecular flexibility index (Phi) is 7.76. The molecular formula is C21H25Cl2N3O3S. The van der Waals surface area contributed by atoms with E-state index in [0.717, 1.165) is 25.9 Å². The first-order chi connectivity index (χ1) is 14.2. The van der Waals surface area contributed by atoms with Crippen LogP contribution in [0.3, 0.4) is 0 Å². The van der Waals surface area contributed by atoms with Crippen LogP contribution in [0.15, 0.2) is 53.4 Å². The Balaban J connectivity index is 1.79. The van der Waals surface area contributed by atoms with Gasteiger partial charge in [0.2, 0.25) is 15.9 Å². The van der Waals surface area contributed by atoms with E-state index in [0.29, 0.717) is 15.6 Å². The molecule has 1 amide bonds. The number of amides is 1. The van der Waals surface area contributed by atoms with Crippen LogP contribution in [0.2, 0.25) is 10.0 Å². The van der Waals surface area contributed by atoms with Gasteiger partial charge in [0.1, 0.15) is 0 Å². The van der Waals surface area contributed by atoms with Crippen molar-refractivity contribution in [2.75, 3.05) is 26.7 Å². The van der Waals surface area contributed by atoms with Crippen LogP contribution in [-0.2, 0) is 21.4 Å². The van der Waals surface area contributed by atoms with Gasteiger partial charge >= 0.3 is 0 Å². The minimum atomic E-state index is -3.91. The van der Waals surface area contributed by atoms with E-state index in [1.54, 1.807) is 24.3 Å². The molecule has 1 aliphatic rings. The first-order valence-electron chi connectivity index (χ1n) is 9.72. The lowest BCUT2D eigenvalue weighted by molar-refractivity contribution is -0.122. The van der Waals surface area contributed by atoms with E-state index in [1.165, 1.54) is 28.6 Å². The van der Waals surface area contributed by atoms with E-state index >= 15 is 0 Å².